The zero-order valence-corrected chi connectivity index (χ0v) is 13.0. The van der Waals surface area contributed by atoms with Crippen LogP contribution in [0, 0.1) is 16.0 Å². The average molecular weight is 309 g/mol. The summed E-state index contributed by atoms with van der Waals surface area (Å²) in [4.78, 5) is 25.0. The van der Waals surface area contributed by atoms with Gasteiger partial charge in [0.25, 0.3) is 5.91 Å². The summed E-state index contributed by atoms with van der Waals surface area (Å²) < 4.78 is 0. The van der Waals surface area contributed by atoms with E-state index in [-0.39, 0.29) is 29.2 Å². The number of carbonyl (C=O) groups is 1. The standard InChI is InChI=1S/C14H23N5O3/c1-3-5-11-13(19(21)22)12(17-16-11)14(20)18-7-4-6-10(8-18)9(2)15/h9-10H,3-8,15H2,1-2H3,(H,16,17). The van der Waals surface area contributed by atoms with Crippen LogP contribution in [0.25, 0.3) is 0 Å². The number of aryl methyl sites for hydroxylation is 1. The number of nitro groups is 1. The predicted octanol–water partition coefficient (Wildman–Crippen LogP) is 1.47. The Kier molecular flexibility index (Phi) is 5.12. The molecule has 1 aromatic rings. The van der Waals surface area contributed by atoms with Crippen LogP contribution in [0.4, 0.5) is 5.69 Å². The van der Waals surface area contributed by atoms with Crippen LogP contribution in [0.15, 0.2) is 0 Å². The Hall–Kier alpha value is -1.96. The number of hydrogen-bond donors (Lipinski definition) is 2. The van der Waals surface area contributed by atoms with E-state index in [1.807, 2.05) is 13.8 Å². The number of amides is 1. The second-order valence-electron chi connectivity index (χ2n) is 5.92. The highest BCUT2D eigenvalue weighted by atomic mass is 16.6. The maximum atomic E-state index is 12.6. The molecule has 0 saturated carbocycles. The van der Waals surface area contributed by atoms with Crippen LogP contribution < -0.4 is 5.73 Å². The molecule has 0 spiro atoms. The number of nitrogens with zero attached hydrogens (tertiary/aromatic N) is 3. The van der Waals surface area contributed by atoms with Crippen molar-refractivity contribution in [3.63, 3.8) is 0 Å². The van der Waals surface area contributed by atoms with Crippen LogP contribution in [-0.2, 0) is 6.42 Å². The normalized spacial score (nSPS) is 20.0. The smallest absolute Gasteiger partial charge is 0.322 e. The van der Waals surface area contributed by atoms with Gasteiger partial charge in [0, 0.05) is 19.1 Å². The Labute approximate surface area is 129 Å². The zero-order chi connectivity index (χ0) is 16.3. The van der Waals surface area contributed by atoms with Gasteiger partial charge in [-0.05, 0) is 32.1 Å². The van der Waals surface area contributed by atoms with E-state index in [4.69, 9.17) is 5.73 Å². The van der Waals surface area contributed by atoms with Crippen LogP contribution in [0.1, 0.15) is 49.3 Å². The second kappa shape index (κ2) is 6.87. The van der Waals surface area contributed by atoms with Crippen molar-refractivity contribution in [2.24, 2.45) is 11.7 Å². The van der Waals surface area contributed by atoms with Gasteiger partial charge >= 0.3 is 5.69 Å². The lowest BCUT2D eigenvalue weighted by Gasteiger charge is -2.34. The van der Waals surface area contributed by atoms with E-state index in [0.717, 1.165) is 19.3 Å². The largest absolute Gasteiger partial charge is 0.337 e. The lowest BCUT2D eigenvalue weighted by atomic mass is 9.92. The molecule has 0 aliphatic carbocycles. The zero-order valence-electron chi connectivity index (χ0n) is 13.0. The Bertz CT molecular complexity index is 555. The molecule has 1 amide bonds. The SMILES string of the molecule is CCCc1[nH]nc(C(=O)N2CCCC(C(C)N)C2)c1[N+](=O)[O-]. The summed E-state index contributed by atoms with van der Waals surface area (Å²) in [5.74, 6) is -0.151. The van der Waals surface area contributed by atoms with Gasteiger partial charge in [-0.3, -0.25) is 20.0 Å². The molecule has 1 aliphatic heterocycles. The summed E-state index contributed by atoms with van der Waals surface area (Å²) in [6, 6.07) is 0.000391. The third-order valence-corrected chi connectivity index (χ3v) is 4.19. The highest BCUT2D eigenvalue weighted by Gasteiger charge is 2.34. The Morgan fingerprint density at radius 3 is 2.95 bits per heavy atom. The lowest BCUT2D eigenvalue weighted by molar-refractivity contribution is -0.385. The number of rotatable bonds is 5. The Morgan fingerprint density at radius 2 is 2.36 bits per heavy atom. The molecule has 2 rings (SSSR count). The maximum Gasteiger partial charge on any atom is 0.322 e. The molecular formula is C14H23N5O3. The minimum absolute atomic E-state index is 0.000391. The second-order valence-corrected chi connectivity index (χ2v) is 5.92. The molecule has 2 atom stereocenters. The predicted molar refractivity (Wildman–Crippen MR) is 81.5 cm³/mol. The van der Waals surface area contributed by atoms with E-state index in [9.17, 15) is 14.9 Å². The highest BCUT2D eigenvalue weighted by molar-refractivity contribution is 5.96. The van der Waals surface area contributed by atoms with Crippen molar-refractivity contribution >= 4 is 11.6 Å². The van der Waals surface area contributed by atoms with Crippen molar-refractivity contribution < 1.29 is 9.72 Å². The lowest BCUT2D eigenvalue weighted by Crippen LogP contribution is -2.45. The summed E-state index contributed by atoms with van der Waals surface area (Å²) in [5, 5.41) is 17.9. The summed E-state index contributed by atoms with van der Waals surface area (Å²) in [7, 11) is 0. The maximum absolute atomic E-state index is 12.6. The number of aromatic nitrogens is 2. The number of piperidine rings is 1. The molecule has 2 heterocycles. The minimum Gasteiger partial charge on any atom is -0.337 e. The molecule has 0 bridgehead atoms. The summed E-state index contributed by atoms with van der Waals surface area (Å²) in [6.45, 7) is 4.97. The van der Waals surface area contributed by atoms with E-state index in [0.29, 0.717) is 25.2 Å². The van der Waals surface area contributed by atoms with Crippen LogP contribution >= 0.6 is 0 Å². The van der Waals surface area contributed by atoms with Crippen LogP contribution in [0.3, 0.4) is 0 Å². The highest BCUT2D eigenvalue weighted by Crippen LogP contribution is 2.26. The molecule has 3 N–H and O–H groups in total. The third-order valence-electron chi connectivity index (χ3n) is 4.19. The fraction of sp³-hybridized carbons (Fsp3) is 0.714. The van der Waals surface area contributed by atoms with Gasteiger partial charge in [0.1, 0.15) is 5.69 Å². The first-order chi connectivity index (χ1) is 10.5. The van der Waals surface area contributed by atoms with Gasteiger partial charge in [-0.25, -0.2) is 0 Å². The van der Waals surface area contributed by atoms with E-state index in [2.05, 4.69) is 10.2 Å². The fourth-order valence-corrected chi connectivity index (χ4v) is 2.92. The van der Waals surface area contributed by atoms with Crippen LogP contribution in [-0.4, -0.2) is 45.1 Å². The van der Waals surface area contributed by atoms with Crippen molar-refractivity contribution in [2.45, 2.75) is 45.6 Å². The number of carbonyl (C=O) groups excluding carboxylic acids is 1. The van der Waals surface area contributed by atoms with E-state index >= 15 is 0 Å². The van der Waals surface area contributed by atoms with Crippen molar-refractivity contribution in [3.05, 3.63) is 21.5 Å². The molecule has 0 aromatic carbocycles. The van der Waals surface area contributed by atoms with Crippen molar-refractivity contribution in [1.82, 2.24) is 15.1 Å². The molecule has 1 saturated heterocycles. The summed E-state index contributed by atoms with van der Waals surface area (Å²) in [5.41, 5.74) is 6.07. The van der Waals surface area contributed by atoms with Crippen molar-refractivity contribution in [3.8, 4) is 0 Å². The number of aromatic amines is 1. The minimum atomic E-state index is -0.519. The van der Waals surface area contributed by atoms with Gasteiger partial charge in [0.05, 0.1) is 4.92 Å². The van der Waals surface area contributed by atoms with Crippen molar-refractivity contribution in [2.75, 3.05) is 13.1 Å². The molecule has 1 fully saturated rings. The van der Waals surface area contributed by atoms with Crippen LogP contribution in [0.2, 0.25) is 0 Å². The molecule has 8 heteroatoms. The van der Waals surface area contributed by atoms with Gasteiger partial charge in [-0.1, -0.05) is 13.3 Å². The fourth-order valence-electron chi connectivity index (χ4n) is 2.92. The molecular weight excluding hydrogens is 286 g/mol. The number of likely N-dealkylation sites (tertiary alicyclic amines) is 1. The quantitative estimate of drug-likeness (QED) is 0.630. The van der Waals surface area contributed by atoms with E-state index in [1.165, 1.54) is 0 Å². The van der Waals surface area contributed by atoms with Gasteiger partial charge in [-0.15, -0.1) is 0 Å². The number of hydrogen-bond acceptors (Lipinski definition) is 5. The Morgan fingerprint density at radius 1 is 1.64 bits per heavy atom. The summed E-state index contributed by atoms with van der Waals surface area (Å²) >= 11 is 0. The number of nitrogens with two attached hydrogens (primary N) is 1. The first-order valence-corrected chi connectivity index (χ1v) is 7.72. The summed E-state index contributed by atoms with van der Waals surface area (Å²) in [6.07, 6.45) is 3.08. The molecule has 8 nitrogen and oxygen atoms in total. The molecule has 2 unspecified atom stereocenters. The third kappa shape index (κ3) is 3.27. The van der Waals surface area contributed by atoms with Gasteiger partial charge in [0.2, 0.25) is 5.69 Å². The molecule has 122 valence electrons. The van der Waals surface area contributed by atoms with Crippen molar-refractivity contribution in [1.29, 1.82) is 0 Å². The number of H-pyrrole nitrogens is 1. The topological polar surface area (TPSA) is 118 Å². The monoisotopic (exact) mass is 309 g/mol. The average Bonchev–Trinajstić information content (AvgIpc) is 2.91. The van der Waals surface area contributed by atoms with Gasteiger partial charge in [-0.2, -0.15) is 5.10 Å². The first kappa shape index (κ1) is 16.4. The molecule has 1 aromatic heterocycles. The molecule has 0 radical (unpaired) electrons. The van der Waals surface area contributed by atoms with E-state index < -0.39 is 4.92 Å². The molecule has 22 heavy (non-hydrogen) atoms. The van der Waals surface area contributed by atoms with E-state index in [1.54, 1.807) is 4.90 Å². The van der Waals surface area contributed by atoms with Gasteiger partial charge < -0.3 is 10.6 Å². The van der Waals surface area contributed by atoms with Gasteiger partial charge in [0.15, 0.2) is 0 Å². The Balaban J connectivity index is 2.24. The molecule has 1 aliphatic rings. The number of nitrogens with one attached hydrogen (secondary N) is 1. The van der Waals surface area contributed by atoms with Crippen LogP contribution in [0.5, 0.6) is 0 Å². The first-order valence-electron chi connectivity index (χ1n) is 7.72.